The van der Waals surface area contributed by atoms with E-state index >= 15 is 0 Å². The summed E-state index contributed by atoms with van der Waals surface area (Å²) >= 11 is 0. The minimum atomic E-state index is -0.237. The summed E-state index contributed by atoms with van der Waals surface area (Å²) in [6, 6.07) is 26.8. The lowest BCUT2D eigenvalue weighted by Gasteiger charge is -2.06. The fourth-order valence-electron chi connectivity index (χ4n) is 3.07. The zero-order valence-electron chi connectivity index (χ0n) is 14.4. The third-order valence-electron chi connectivity index (χ3n) is 4.44. The second-order valence-electron chi connectivity index (χ2n) is 6.07. The van der Waals surface area contributed by atoms with Crippen molar-refractivity contribution in [3.8, 4) is 39.4 Å². The van der Waals surface area contributed by atoms with Crippen molar-refractivity contribution >= 4 is 0 Å². The Hall–Kier alpha value is -3.33. The van der Waals surface area contributed by atoms with Crippen LogP contribution in [0.3, 0.4) is 0 Å². The van der Waals surface area contributed by atoms with Crippen molar-refractivity contribution in [2.75, 3.05) is 7.11 Å². The highest BCUT2D eigenvalue weighted by Gasteiger charge is 2.13. The summed E-state index contributed by atoms with van der Waals surface area (Å²) in [6.07, 6.45) is 0. The quantitative estimate of drug-likeness (QED) is 0.471. The smallest absolute Gasteiger partial charge is 0.123 e. The van der Waals surface area contributed by atoms with Gasteiger partial charge in [0, 0.05) is 11.3 Å². The number of H-pyrrole nitrogens is 1. The van der Waals surface area contributed by atoms with E-state index < -0.39 is 0 Å². The van der Waals surface area contributed by atoms with E-state index in [0.717, 1.165) is 39.4 Å². The second-order valence-corrected chi connectivity index (χ2v) is 6.07. The molecule has 128 valence electrons. The number of hydrogen-bond acceptors (Lipinski definition) is 1. The number of halogens is 1. The molecule has 0 spiro atoms. The van der Waals surface area contributed by atoms with Crippen LogP contribution in [0, 0.1) is 5.82 Å². The van der Waals surface area contributed by atoms with E-state index in [9.17, 15) is 4.39 Å². The molecule has 0 aliphatic heterocycles. The van der Waals surface area contributed by atoms with E-state index in [4.69, 9.17) is 4.74 Å². The fourth-order valence-corrected chi connectivity index (χ4v) is 3.07. The molecule has 0 radical (unpaired) electrons. The SMILES string of the molecule is COc1ccc(-c2cc(-c3ccc(F)cc3)[nH]c2-c2ccccc2)cc1. The van der Waals surface area contributed by atoms with Gasteiger partial charge in [-0.25, -0.2) is 4.39 Å². The number of hydrogen-bond donors (Lipinski definition) is 1. The Morgan fingerprint density at radius 3 is 2.04 bits per heavy atom. The molecule has 26 heavy (non-hydrogen) atoms. The van der Waals surface area contributed by atoms with Gasteiger partial charge in [-0.15, -0.1) is 0 Å². The maximum atomic E-state index is 13.3. The Balaban J connectivity index is 1.86. The predicted molar refractivity (Wildman–Crippen MR) is 104 cm³/mol. The second kappa shape index (κ2) is 6.89. The summed E-state index contributed by atoms with van der Waals surface area (Å²) in [5, 5.41) is 0. The van der Waals surface area contributed by atoms with Gasteiger partial charge in [-0.3, -0.25) is 0 Å². The van der Waals surface area contributed by atoms with Gasteiger partial charge in [0.25, 0.3) is 0 Å². The Bertz CT molecular complexity index is 1000. The summed E-state index contributed by atoms with van der Waals surface area (Å²) in [5.74, 6) is 0.586. The maximum absolute atomic E-state index is 13.3. The van der Waals surface area contributed by atoms with Crippen molar-refractivity contribution in [2.45, 2.75) is 0 Å². The molecular weight excluding hydrogens is 325 g/mol. The molecule has 0 aliphatic rings. The first-order valence-corrected chi connectivity index (χ1v) is 8.43. The van der Waals surface area contributed by atoms with Crippen LogP contribution < -0.4 is 4.74 Å². The number of methoxy groups -OCH3 is 1. The first kappa shape index (κ1) is 16.2. The molecule has 1 N–H and O–H groups in total. The molecule has 4 rings (SSSR count). The Kier molecular flexibility index (Phi) is 4.28. The van der Waals surface area contributed by atoms with Gasteiger partial charge in [0.2, 0.25) is 0 Å². The van der Waals surface area contributed by atoms with Crippen LogP contribution in [0.4, 0.5) is 4.39 Å². The zero-order chi connectivity index (χ0) is 17.9. The molecule has 4 aromatic rings. The van der Waals surface area contributed by atoms with Gasteiger partial charge >= 0.3 is 0 Å². The standard InChI is InChI=1S/C23H18FNO/c1-26-20-13-9-16(10-14-20)21-15-22(17-7-11-19(24)12-8-17)25-23(21)18-5-3-2-4-6-18/h2-15,25H,1H3. The van der Waals surface area contributed by atoms with E-state index in [1.165, 1.54) is 12.1 Å². The largest absolute Gasteiger partial charge is 0.497 e. The van der Waals surface area contributed by atoms with Gasteiger partial charge in [-0.05, 0) is 59.2 Å². The Labute approximate surface area is 151 Å². The van der Waals surface area contributed by atoms with Crippen LogP contribution in [0.5, 0.6) is 5.75 Å². The molecular formula is C23H18FNO. The lowest BCUT2D eigenvalue weighted by molar-refractivity contribution is 0.415. The van der Waals surface area contributed by atoms with Gasteiger partial charge in [0.05, 0.1) is 12.8 Å². The molecule has 0 saturated carbocycles. The number of aromatic amines is 1. The molecule has 0 fully saturated rings. The molecule has 3 aromatic carbocycles. The molecule has 3 heteroatoms. The topological polar surface area (TPSA) is 25.0 Å². The minimum Gasteiger partial charge on any atom is -0.497 e. The molecule has 0 amide bonds. The van der Waals surface area contributed by atoms with Crippen LogP contribution in [0.2, 0.25) is 0 Å². The lowest BCUT2D eigenvalue weighted by atomic mass is 10.0. The third-order valence-corrected chi connectivity index (χ3v) is 4.44. The van der Waals surface area contributed by atoms with Crippen LogP contribution >= 0.6 is 0 Å². The van der Waals surface area contributed by atoms with Gasteiger partial charge in [-0.2, -0.15) is 0 Å². The van der Waals surface area contributed by atoms with E-state index in [1.54, 1.807) is 19.2 Å². The van der Waals surface area contributed by atoms with Crippen molar-refractivity contribution in [3.05, 3.63) is 90.7 Å². The van der Waals surface area contributed by atoms with Crippen molar-refractivity contribution in [3.63, 3.8) is 0 Å². The van der Waals surface area contributed by atoms with E-state index in [1.807, 2.05) is 42.5 Å². The van der Waals surface area contributed by atoms with Gasteiger partial charge in [0.1, 0.15) is 11.6 Å². The molecule has 0 unspecified atom stereocenters. The van der Waals surface area contributed by atoms with Gasteiger partial charge in [-0.1, -0.05) is 42.5 Å². The molecule has 0 aliphatic carbocycles. The van der Waals surface area contributed by atoms with Crippen LogP contribution in [0.15, 0.2) is 84.9 Å². The average molecular weight is 343 g/mol. The van der Waals surface area contributed by atoms with Crippen molar-refractivity contribution < 1.29 is 9.13 Å². The Morgan fingerprint density at radius 1 is 0.731 bits per heavy atom. The number of nitrogens with one attached hydrogen (secondary N) is 1. The number of benzene rings is 3. The maximum Gasteiger partial charge on any atom is 0.123 e. The van der Waals surface area contributed by atoms with Gasteiger partial charge < -0.3 is 9.72 Å². The van der Waals surface area contributed by atoms with E-state index in [2.05, 4.69) is 23.2 Å². The Morgan fingerprint density at radius 2 is 1.38 bits per heavy atom. The molecule has 1 heterocycles. The summed E-state index contributed by atoms with van der Waals surface area (Å²) in [6.45, 7) is 0. The highest BCUT2D eigenvalue weighted by Crippen LogP contribution is 2.36. The minimum absolute atomic E-state index is 0.237. The normalized spacial score (nSPS) is 10.7. The summed E-state index contributed by atoms with van der Waals surface area (Å²) < 4.78 is 18.5. The number of aromatic nitrogens is 1. The lowest BCUT2D eigenvalue weighted by Crippen LogP contribution is -1.84. The molecule has 0 atom stereocenters. The summed E-state index contributed by atoms with van der Waals surface area (Å²) in [7, 11) is 1.66. The number of ether oxygens (including phenoxy) is 1. The van der Waals surface area contributed by atoms with E-state index in [-0.39, 0.29) is 5.82 Å². The summed E-state index contributed by atoms with van der Waals surface area (Å²) in [4.78, 5) is 3.51. The summed E-state index contributed by atoms with van der Waals surface area (Å²) in [5.41, 5.74) is 6.23. The zero-order valence-corrected chi connectivity index (χ0v) is 14.4. The van der Waals surface area contributed by atoms with Crippen LogP contribution in [-0.4, -0.2) is 12.1 Å². The third kappa shape index (κ3) is 3.11. The van der Waals surface area contributed by atoms with Crippen LogP contribution in [-0.2, 0) is 0 Å². The first-order chi connectivity index (χ1) is 12.7. The number of rotatable bonds is 4. The molecule has 0 saturated heterocycles. The highest BCUT2D eigenvalue weighted by molar-refractivity contribution is 5.86. The monoisotopic (exact) mass is 343 g/mol. The molecule has 2 nitrogen and oxygen atoms in total. The average Bonchev–Trinajstić information content (AvgIpc) is 3.15. The van der Waals surface area contributed by atoms with E-state index in [0.29, 0.717) is 0 Å². The van der Waals surface area contributed by atoms with Crippen molar-refractivity contribution in [2.24, 2.45) is 0 Å². The van der Waals surface area contributed by atoms with Gasteiger partial charge in [0.15, 0.2) is 0 Å². The molecule has 0 bridgehead atoms. The fraction of sp³-hybridized carbons (Fsp3) is 0.0435. The van der Waals surface area contributed by atoms with Crippen LogP contribution in [0.25, 0.3) is 33.6 Å². The predicted octanol–water partition coefficient (Wildman–Crippen LogP) is 6.16. The first-order valence-electron chi connectivity index (χ1n) is 8.43. The van der Waals surface area contributed by atoms with Crippen LogP contribution in [0.1, 0.15) is 0 Å². The highest BCUT2D eigenvalue weighted by atomic mass is 19.1. The van der Waals surface area contributed by atoms with Crippen molar-refractivity contribution in [1.29, 1.82) is 0 Å². The van der Waals surface area contributed by atoms with Crippen molar-refractivity contribution in [1.82, 2.24) is 4.98 Å². The molecule has 1 aromatic heterocycles.